The van der Waals surface area contributed by atoms with Crippen molar-refractivity contribution in [1.82, 2.24) is 0 Å². The molecule has 1 aliphatic carbocycles. The van der Waals surface area contributed by atoms with Gasteiger partial charge in [0.25, 0.3) is 0 Å². The van der Waals surface area contributed by atoms with Crippen LogP contribution in [0, 0.1) is 0 Å². The number of carboxylic acid groups (broad SMARTS) is 1. The molecule has 0 aliphatic heterocycles. The highest BCUT2D eigenvalue weighted by molar-refractivity contribution is 7.14. The molecular weight excluding hydrogens is 260 g/mol. The third-order valence-corrected chi connectivity index (χ3v) is 5.01. The van der Waals surface area contributed by atoms with Crippen LogP contribution in [-0.2, 0) is 5.41 Å². The van der Waals surface area contributed by atoms with Crippen molar-refractivity contribution >= 4 is 17.3 Å². The second kappa shape index (κ2) is 5.53. The molecule has 0 bridgehead atoms. The minimum absolute atomic E-state index is 0.0386. The van der Waals surface area contributed by atoms with Crippen LogP contribution in [0.4, 0.5) is 0 Å². The molecule has 19 heavy (non-hydrogen) atoms. The summed E-state index contributed by atoms with van der Waals surface area (Å²) in [7, 11) is 0. The molecule has 0 amide bonds. The maximum atomic E-state index is 11.3. The molecule has 1 aromatic heterocycles. The Morgan fingerprint density at radius 3 is 2.47 bits per heavy atom. The lowest BCUT2D eigenvalue weighted by Crippen LogP contribution is -2.20. The van der Waals surface area contributed by atoms with Gasteiger partial charge in [0.2, 0.25) is 0 Å². The van der Waals surface area contributed by atoms with Crippen molar-refractivity contribution in [1.29, 1.82) is 0 Å². The van der Waals surface area contributed by atoms with Gasteiger partial charge in [0.1, 0.15) is 5.75 Å². The molecular formula is C15H22O3S. The van der Waals surface area contributed by atoms with Crippen molar-refractivity contribution in [2.75, 3.05) is 0 Å². The highest BCUT2D eigenvalue weighted by Crippen LogP contribution is 2.38. The van der Waals surface area contributed by atoms with E-state index in [0.29, 0.717) is 10.6 Å². The molecule has 0 saturated heterocycles. The summed E-state index contributed by atoms with van der Waals surface area (Å²) in [5.41, 5.74) is -0.0386. The Balaban J connectivity index is 2.22. The van der Waals surface area contributed by atoms with Crippen molar-refractivity contribution in [3.63, 3.8) is 0 Å². The average Bonchev–Trinajstić information content (AvgIpc) is 2.74. The summed E-state index contributed by atoms with van der Waals surface area (Å²) in [6.07, 6.45) is 5.91. The van der Waals surface area contributed by atoms with Gasteiger partial charge in [-0.15, -0.1) is 11.3 Å². The van der Waals surface area contributed by atoms with Gasteiger partial charge in [-0.25, -0.2) is 4.79 Å². The first-order chi connectivity index (χ1) is 8.88. The van der Waals surface area contributed by atoms with E-state index in [1.54, 1.807) is 0 Å². The number of ether oxygens (including phenoxy) is 1. The van der Waals surface area contributed by atoms with E-state index in [1.165, 1.54) is 30.6 Å². The van der Waals surface area contributed by atoms with Crippen molar-refractivity contribution in [3.05, 3.63) is 15.8 Å². The predicted molar refractivity (Wildman–Crippen MR) is 77.5 cm³/mol. The van der Waals surface area contributed by atoms with E-state index in [-0.39, 0.29) is 11.5 Å². The van der Waals surface area contributed by atoms with E-state index in [1.807, 2.05) is 6.07 Å². The second-order valence-electron chi connectivity index (χ2n) is 6.24. The third-order valence-electron chi connectivity index (χ3n) is 3.48. The largest absolute Gasteiger partial charge is 0.489 e. The molecule has 1 aromatic rings. The molecule has 0 atom stereocenters. The van der Waals surface area contributed by atoms with E-state index < -0.39 is 5.97 Å². The van der Waals surface area contributed by atoms with Crippen LogP contribution in [-0.4, -0.2) is 17.2 Å². The molecule has 1 fully saturated rings. The number of carbonyl (C=O) groups is 1. The number of hydrogen-bond acceptors (Lipinski definition) is 3. The quantitative estimate of drug-likeness (QED) is 0.890. The fraction of sp³-hybridized carbons (Fsp3) is 0.667. The monoisotopic (exact) mass is 282 g/mol. The Kier molecular flexibility index (Phi) is 4.19. The average molecular weight is 282 g/mol. The lowest BCUT2D eigenvalue weighted by molar-refractivity contribution is 0.0692. The maximum Gasteiger partial charge on any atom is 0.349 e. The van der Waals surface area contributed by atoms with Crippen molar-refractivity contribution in [2.45, 2.75) is 64.4 Å². The standard InChI is InChI=1S/C15H22O3S/c1-15(2,3)12-9-11(13(19-12)14(16)17)18-10-7-5-4-6-8-10/h9-10H,4-8H2,1-3H3,(H,16,17). The fourth-order valence-electron chi connectivity index (χ4n) is 2.34. The number of rotatable bonds is 3. The van der Waals surface area contributed by atoms with E-state index in [9.17, 15) is 9.90 Å². The van der Waals surface area contributed by atoms with Gasteiger partial charge in [0.15, 0.2) is 4.88 Å². The molecule has 1 N–H and O–H groups in total. The minimum atomic E-state index is -0.883. The summed E-state index contributed by atoms with van der Waals surface area (Å²) in [6.45, 7) is 6.28. The van der Waals surface area contributed by atoms with E-state index in [2.05, 4.69) is 20.8 Å². The number of aromatic carboxylic acids is 1. The lowest BCUT2D eigenvalue weighted by atomic mass is 9.94. The van der Waals surface area contributed by atoms with Gasteiger partial charge in [-0.05, 0) is 37.2 Å². The van der Waals surface area contributed by atoms with Gasteiger partial charge in [-0.2, -0.15) is 0 Å². The highest BCUT2D eigenvalue weighted by Gasteiger charge is 2.25. The van der Waals surface area contributed by atoms with Crippen LogP contribution < -0.4 is 4.74 Å². The smallest absolute Gasteiger partial charge is 0.349 e. The summed E-state index contributed by atoms with van der Waals surface area (Å²) < 4.78 is 5.95. The summed E-state index contributed by atoms with van der Waals surface area (Å²) in [4.78, 5) is 12.7. The summed E-state index contributed by atoms with van der Waals surface area (Å²) in [5.74, 6) is -0.319. The minimum Gasteiger partial charge on any atom is -0.489 e. The topological polar surface area (TPSA) is 46.5 Å². The first kappa shape index (κ1) is 14.4. The number of thiophene rings is 1. The Morgan fingerprint density at radius 1 is 1.32 bits per heavy atom. The van der Waals surface area contributed by atoms with Crippen LogP contribution in [0.1, 0.15) is 67.4 Å². The summed E-state index contributed by atoms with van der Waals surface area (Å²) in [6, 6.07) is 1.92. The van der Waals surface area contributed by atoms with Gasteiger partial charge >= 0.3 is 5.97 Å². The van der Waals surface area contributed by atoms with Gasteiger partial charge in [0.05, 0.1) is 6.10 Å². The van der Waals surface area contributed by atoms with Crippen LogP contribution in [0.25, 0.3) is 0 Å². The Hall–Kier alpha value is -1.03. The van der Waals surface area contributed by atoms with Crippen molar-refractivity contribution < 1.29 is 14.6 Å². The number of carboxylic acids is 1. The molecule has 106 valence electrons. The third kappa shape index (κ3) is 3.50. The second-order valence-corrected chi connectivity index (χ2v) is 7.29. The normalized spacial score (nSPS) is 17.4. The fourth-order valence-corrected chi connectivity index (χ4v) is 3.33. The molecule has 1 heterocycles. The van der Waals surface area contributed by atoms with Crippen LogP contribution in [0.2, 0.25) is 0 Å². The highest BCUT2D eigenvalue weighted by atomic mass is 32.1. The molecule has 3 nitrogen and oxygen atoms in total. The molecule has 2 rings (SSSR count). The van der Waals surface area contributed by atoms with Crippen LogP contribution in [0.3, 0.4) is 0 Å². The predicted octanol–water partition coefficient (Wildman–Crippen LogP) is 4.46. The SMILES string of the molecule is CC(C)(C)c1cc(OC2CCCCC2)c(C(=O)O)s1. The molecule has 1 aliphatic rings. The van der Waals surface area contributed by atoms with E-state index in [4.69, 9.17) is 4.74 Å². The van der Waals surface area contributed by atoms with E-state index >= 15 is 0 Å². The summed E-state index contributed by atoms with van der Waals surface area (Å²) in [5, 5.41) is 9.30. The maximum absolute atomic E-state index is 11.3. The van der Waals surface area contributed by atoms with E-state index in [0.717, 1.165) is 17.7 Å². The lowest BCUT2D eigenvalue weighted by Gasteiger charge is -2.22. The zero-order valence-electron chi connectivity index (χ0n) is 11.9. The Morgan fingerprint density at radius 2 is 1.95 bits per heavy atom. The molecule has 0 unspecified atom stereocenters. The molecule has 0 radical (unpaired) electrons. The molecule has 0 spiro atoms. The molecule has 4 heteroatoms. The number of hydrogen-bond donors (Lipinski definition) is 1. The van der Waals surface area contributed by atoms with Crippen LogP contribution in [0.5, 0.6) is 5.75 Å². The Labute approximate surface area is 118 Å². The molecule has 0 aromatic carbocycles. The van der Waals surface area contributed by atoms with Gasteiger partial charge in [-0.3, -0.25) is 0 Å². The van der Waals surface area contributed by atoms with Crippen LogP contribution >= 0.6 is 11.3 Å². The van der Waals surface area contributed by atoms with Gasteiger partial charge < -0.3 is 9.84 Å². The first-order valence-electron chi connectivity index (χ1n) is 6.92. The van der Waals surface area contributed by atoms with Gasteiger partial charge in [0, 0.05) is 4.88 Å². The van der Waals surface area contributed by atoms with Crippen molar-refractivity contribution in [2.24, 2.45) is 0 Å². The van der Waals surface area contributed by atoms with Crippen LogP contribution in [0.15, 0.2) is 6.07 Å². The zero-order chi connectivity index (χ0) is 14.0. The zero-order valence-corrected chi connectivity index (χ0v) is 12.7. The first-order valence-corrected chi connectivity index (χ1v) is 7.74. The molecule has 1 saturated carbocycles. The Bertz CT molecular complexity index is 450. The van der Waals surface area contributed by atoms with Gasteiger partial charge in [-0.1, -0.05) is 27.2 Å². The summed E-state index contributed by atoms with van der Waals surface area (Å²) >= 11 is 1.34. The van der Waals surface area contributed by atoms with Crippen molar-refractivity contribution in [3.8, 4) is 5.75 Å².